The first kappa shape index (κ1) is 18.4. The number of hydrogen-bond donors (Lipinski definition) is 2. The molecule has 0 spiro atoms. The van der Waals surface area contributed by atoms with Crippen molar-refractivity contribution < 1.29 is 24.2 Å². The zero-order chi connectivity index (χ0) is 16.8. The van der Waals surface area contributed by atoms with Gasteiger partial charge in [-0.25, -0.2) is 0 Å². The summed E-state index contributed by atoms with van der Waals surface area (Å²) >= 11 is 3.32. The predicted octanol–water partition coefficient (Wildman–Crippen LogP) is 2.21. The molecule has 0 bridgehead atoms. The van der Waals surface area contributed by atoms with Crippen molar-refractivity contribution in [3.8, 4) is 5.75 Å². The fourth-order valence-corrected chi connectivity index (χ4v) is 2.36. The van der Waals surface area contributed by atoms with Gasteiger partial charge in [-0.15, -0.1) is 0 Å². The maximum Gasteiger partial charge on any atom is 0.305 e. The number of ether oxygens (including phenoxy) is 2. The topological polar surface area (TPSA) is 84.9 Å². The molecule has 0 aliphatic rings. The van der Waals surface area contributed by atoms with Crippen LogP contribution >= 0.6 is 15.9 Å². The number of rotatable bonds is 8. The number of amides is 1. The van der Waals surface area contributed by atoms with E-state index >= 15 is 0 Å². The summed E-state index contributed by atoms with van der Waals surface area (Å²) in [4.78, 5) is 23.1. The van der Waals surface area contributed by atoms with Gasteiger partial charge < -0.3 is 19.9 Å². The molecule has 0 saturated carbocycles. The van der Waals surface area contributed by atoms with E-state index in [2.05, 4.69) is 21.2 Å². The van der Waals surface area contributed by atoms with Gasteiger partial charge in [0.05, 0.1) is 18.6 Å². The minimum absolute atomic E-state index is 0.0919. The number of aliphatic carboxylic acids is 1. The third-order valence-corrected chi connectivity index (χ3v) is 3.40. The highest BCUT2D eigenvalue weighted by Gasteiger charge is 2.31. The van der Waals surface area contributed by atoms with Crippen LogP contribution in [0.15, 0.2) is 28.7 Å². The molecule has 22 heavy (non-hydrogen) atoms. The van der Waals surface area contributed by atoms with Crippen molar-refractivity contribution in [2.24, 2.45) is 0 Å². The Morgan fingerprint density at radius 2 is 2.14 bits per heavy atom. The largest absolute Gasteiger partial charge is 0.481 e. The number of carbonyl (C=O) groups is 2. The minimum atomic E-state index is -1.01. The first-order valence-electron chi connectivity index (χ1n) is 6.71. The van der Waals surface area contributed by atoms with Gasteiger partial charge in [0.15, 0.2) is 6.10 Å². The third-order valence-electron chi connectivity index (χ3n) is 2.91. The van der Waals surface area contributed by atoms with Gasteiger partial charge in [0, 0.05) is 11.6 Å². The van der Waals surface area contributed by atoms with E-state index in [0.29, 0.717) is 5.75 Å². The lowest BCUT2D eigenvalue weighted by Gasteiger charge is -2.29. The number of carboxylic acid groups (broad SMARTS) is 1. The highest BCUT2D eigenvalue weighted by atomic mass is 79.9. The Hall–Kier alpha value is -1.60. The van der Waals surface area contributed by atoms with Gasteiger partial charge in [-0.1, -0.05) is 22.0 Å². The van der Waals surface area contributed by atoms with Gasteiger partial charge in [-0.3, -0.25) is 9.59 Å². The maximum atomic E-state index is 12.2. The summed E-state index contributed by atoms with van der Waals surface area (Å²) < 4.78 is 11.4. The lowest BCUT2D eigenvalue weighted by atomic mass is 9.98. The molecule has 7 heteroatoms. The van der Waals surface area contributed by atoms with Crippen molar-refractivity contribution in [3.63, 3.8) is 0 Å². The van der Waals surface area contributed by atoms with Crippen molar-refractivity contribution in [3.05, 3.63) is 28.7 Å². The van der Waals surface area contributed by atoms with Crippen molar-refractivity contribution >= 4 is 27.8 Å². The first-order valence-corrected chi connectivity index (χ1v) is 7.50. The molecule has 1 rings (SSSR count). The molecule has 1 aromatic carbocycles. The van der Waals surface area contributed by atoms with E-state index in [-0.39, 0.29) is 13.0 Å². The fourth-order valence-electron chi connectivity index (χ4n) is 1.98. The molecule has 1 aromatic rings. The van der Waals surface area contributed by atoms with Crippen molar-refractivity contribution in [1.82, 2.24) is 5.32 Å². The van der Waals surface area contributed by atoms with Crippen LogP contribution in [0.4, 0.5) is 0 Å². The molecule has 0 aliphatic carbocycles. The van der Waals surface area contributed by atoms with Gasteiger partial charge in [-0.05, 0) is 32.0 Å². The molecular weight excluding hydrogens is 354 g/mol. The quantitative estimate of drug-likeness (QED) is 0.729. The van der Waals surface area contributed by atoms with Crippen LogP contribution in [0.3, 0.4) is 0 Å². The second kappa shape index (κ2) is 8.14. The van der Waals surface area contributed by atoms with Crippen LogP contribution in [-0.4, -0.2) is 42.3 Å². The summed E-state index contributed by atoms with van der Waals surface area (Å²) in [5.74, 6) is -0.870. The number of carbonyl (C=O) groups excluding carboxylic acids is 1. The van der Waals surface area contributed by atoms with Gasteiger partial charge in [-0.2, -0.15) is 0 Å². The highest BCUT2D eigenvalue weighted by Crippen LogP contribution is 2.19. The smallest absolute Gasteiger partial charge is 0.305 e. The average Bonchev–Trinajstić information content (AvgIpc) is 2.37. The van der Waals surface area contributed by atoms with Crippen molar-refractivity contribution in [2.75, 3.05) is 13.7 Å². The van der Waals surface area contributed by atoms with E-state index in [1.54, 1.807) is 32.0 Å². The van der Waals surface area contributed by atoms with E-state index < -0.39 is 23.5 Å². The van der Waals surface area contributed by atoms with E-state index in [9.17, 15) is 9.59 Å². The third kappa shape index (κ3) is 6.03. The second-order valence-electron chi connectivity index (χ2n) is 5.27. The number of methoxy groups -OCH3 is 1. The van der Waals surface area contributed by atoms with Crippen LogP contribution in [0.2, 0.25) is 0 Å². The van der Waals surface area contributed by atoms with Crippen LogP contribution in [0.5, 0.6) is 5.75 Å². The summed E-state index contributed by atoms with van der Waals surface area (Å²) in [6.07, 6.45) is -1.00. The van der Waals surface area contributed by atoms with Crippen LogP contribution in [-0.2, 0) is 14.3 Å². The predicted molar refractivity (Wildman–Crippen MR) is 84.9 cm³/mol. The molecule has 0 saturated heterocycles. The average molecular weight is 374 g/mol. The normalized spacial score (nSPS) is 14.7. The molecular formula is C15H20BrNO5. The Bertz CT molecular complexity index is 536. The Balaban J connectivity index is 2.70. The zero-order valence-corrected chi connectivity index (χ0v) is 14.3. The molecule has 0 aliphatic heterocycles. The van der Waals surface area contributed by atoms with Crippen LogP contribution in [0.25, 0.3) is 0 Å². The summed E-state index contributed by atoms with van der Waals surface area (Å²) in [5, 5.41) is 11.6. The van der Waals surface area contributed by atoms with E-state index in [1.807, 2.05) is 6.07 Å². The van der Waals surface area contributed by atoms with Crippen LogP contribution in [0, 0.1) is 0 Å². The van der Waals surface area contributed by atoms with Crippen molar-refractivity contribution in [1.29, 1.82) is 0 Å². The van der Waals surface area contributed by atoms with E-state index in [1.165, 1.54) is 7.11 Å². The highest BCUT2D eigenvalue weighted by molar-refractivity contribution is 9.10. The Morgan fingerprint density at radius 1 is 1.45 bits per heavy atom. The molecule has 6 nitrogen and oxygen atoms in total. The molecule has 2 unspecified atom stereocenters. The minimum Gasteiger partial charge on any atom is -0.481 e. The summed E-state index contributed by atoms with van der Waals surface area (Å²) in [5.41, 5.74) is -0.993. The second-order valence-corrected chi connectivity index (χ2v) is 6.19. The molecule has 2 N–H and O–H groups in total. The Morgan fingerprint density at radius 3 is 2.68 bits per heavy atom. The summed E-state index contributed by atoms with van der Waals surface area (Å²) in [6.45, 7) is 3.31. The monoisotopic (exact) mass is 373 g/mol. The number of hydrogen-bond acceptors (Lipinski definition) is 4. The molecule has 1 amide bonds. The van der Waals surface area contributed by atoms with Crippen molar-refractivity contribution in [2.45, 2.75) is 31.9 Å². The summed E-state index contributed by atoms with van der Waals surface area (Å²) in [7, 11) is 1.45. The summed E-state index contributed by atoms with van der Waals surface area (Å²) in [6, 6.07) is 7.12. The molecule has 2 atom stereocenters. The molecule has 0 aromatic heterocycles. The Labute approximate surface area is 137 Å². The molecule has 0 fully saturated rings. The van der Waals surface area contributed by atoms with Crippen LogP contribution < -0.4 is 10.1 Å². The fraction of sp³-hybridized carbons (Fsp3) is 0.467. The number of carboxylic acids is 1. The van der Waals surface area contributed by atoms with E-state index in [4.69, 9.17) is 14.6 Å². The van der Waals surface area contributed by atoms with Gasteiger partial charge in [0.2, 0.25) is 0 Å². The zero-order valence-electron chi connectivity index (χ0n) is 12.8. The number of halogens is 1. The number of benzene rings is 1. The molecule has 0 radical (unpaired) electrons. The molecule has 0 heterocycles. The molecule has 122 valence electrons. The SMILES string of the molecule is COCC(C)(CC(=O)O)NC(=O)C(C)Oc1cccc(Br)c1. The van der Waals surface area contributed by atoms with Gasteiger partial charge in [0.1, 0.15) is 5.75 Å². The van der Waals surface area contributed by atoms with E-state index in [0.717, 1.165) is 4.47 Å². The first-order chi connectivity index (χ1) is 10.3. The maximum absolute atomic E-state index is 12.2. The van der Waals surface area contributed by atoms with Gasteiger partial charge >= 0.3 is 5.97 Å². The number of nitrogens with one attached hydrogen (secondary N) is 1. The lowest BCUT2D eigenvalue weighted by molar-refractivity contribution is -0.140. The standard InChI is InChI=1S/C15H20BrNO5/c1-10(22-12-6-4-5-11(16)7-12)14(20)17-15(2,9-21-3)8-13(18)19/h4-7,10H,8-9H2,1-3H3,(H,17,20)(H,18,19). The Kier molecular flexibility index (Phi) is 6.83. The van der Waals surface area contributed by atoms with Crippen LogP contribution in [0.1, 0.15) is 20.3 Å². The lowest BCUT2D eigenvalue weighted by Crippen LogP contribution is -2.54. The van der Waals surface area contributed by atoms with Gasteiger partial charge in [0.25, 0.3) is 5.91 Å².